The number of aryl methyl sites for hydroxylation is 1. The molecular weight excluding hydrogens is 242 g/mol. The number of hydrogen-bond acceptors (Lipinski definition) is 2. The minimum absolute atomic E-state index is 0.506. The summed E-state index contributed by atoms with van der Waals surface area (Å²) in [5.41, 5.74) is 7.87. The number of nitrogens with zero attached hydrogens (tertiary/aromatic N) is 2. The highest BCUT2D eigenvalue weighted by molar-refractivity contribution is 9.10. The summed E-state index contributed by atoms with van der Waals surface area (Å²) < 4.78 is 2.75. The van der Waals surface area contributed by atoms with Crippen LogP contribution in [0.25, 0.3) is 10.9 Å². The summed E-state index contributed by atoms with van der Waals surface area (Å²) in [6, 6.07) is 7.85. The lowest BCUT2D eigenvalue weighted by atomic mass is 10.2. The number of nitrogen functional groups attached to an aromatic ring is 1. The van der Waals surface area contributed by atoms with E-state index < -0.39 is 0 Å². The van der Waals surface area contributed by atoms with Crippen molar-refractivity contribution in [2.45, 2.75) is 0 Å². The van der Waals surface area contributed by atoms with E-state index in [0.29, 0.717) is 11.4 Å². The lowest BCUT2D eigenvalue weighted by molar-refractivity contribution is 0.946. The van der Waals surface area contributed by atoms with Crippen LogP contribution < -0.4 is 5.73 Å². The van der Waals surface area contributed by atoms with Gasteiger partial charge < -0.3 is 10.3 Å². The van der Waals surface area contributed by atoms with Crippen molar-refractivity contribution < 1.29 is 0 Å². The molecule has 0 radical (unpaired) electrons. The minimum atomic E-state index is 0.506. The van der Waals surface area contributed by atoms with E-state index in [-0.39, 0.29) is 0 Å². The second-order valence-corrected chi connectivity index (χ2v) is 3.92. The summed E-state index contributed by atoms with van der Waals surface area (Å²) in [6.07, 6.45) is 0. The van der Waals surface area contributed by atoms with Crippen LogP contribution in [0, 0.1) is 11.3 Å². The molecule has 0 fully saturated rings. The van der Waals surface area contributed by atoms with Gasteiger partial charge >= 0.3 is 0 Å². The van der Waals surface area contributed by atoms with Gasteiger partial charge in [-0.05, 0) is 22.0 Å². The zero-order chi connectivity index (χ0) is 10.3. The summed E-state index contributed by atoms with van der Waals surface area (Å²) in [4.78, 5) is 0. The second kappa shape index (κ2) is 3.03. The zero-order valence-corrected chi connectivity index (χ0v) is 9.17. The van der Waals surface area contributed by atoms with Crippen LogP contribution >= 0.6 is 15.9 Å². The summed E-state index contributed by atoms with van der Waals surface area (Å²) in [5, 5.41) is 9.84. The van der Waals surface area contributed by atoms with Gasteiger partial charge in [0.05, 0.1) is 11.2 Å². The van der Waals surface area contributed by atoms with E-state index in [1.54, 1.807) is 4.57 Å². The van der Waals surface area contributed by atoms with Gasteiger partial charge in [-0.3, -0.25) is 0 Å². The van der Waals surface area contributed by atoms with Crippen LogP contribution in [-0.4, -0.2) is 4.57 Å². The molecule has 3 nitrogen and oxygen atoms in total. The molecule has 0 aliphatic rings. The molecule has 0 aliphatic heterocycles. The maximum atomic E-state index is 8.93. The third-order valence-electron chi connectivity index (χ3n) is 2.31. The summed E-state index contributed by atoms with van der Waals surface area (Å²) in [7, 11) is 1.84. The molecular formula is C10H8BrN3. The van der Waals surface area contributed by atoms with E-state index in [4.69, 9.17) is 11.0 Å². The topological polar surface area (TPSA) is 54.7 Å². The van der Waals surface area contributed by atoms with Gasteiger partial charge in [0.2, 0.25) is 0 Å². The summed E-state index contributed by atoms with van der Waals surface area (Å²) in [6.45, 7) is 0. The number of benzene rings is 1. The van der Waals surface area contributed by atoms with Gasteiger partial charge in [0.1, 0.15) is 11.8 Å². The van der Waals surface area contributed by atoms with Crippen LogP contribution in [0.3, 0.4) is 0 Å². The monoisotopic (exact) mass is 249 g/mol. The van der Waals surface area contributed by atoms with E-state index in [9.17, 15) is 0 Å². The fourth-order valence-corrected chi connectivity index (χ4v) is 2.26. The van der Waals surface area contributed by atoms with Crippen molar-refractivity contribution >= 4 is 32.5 Å². The first kappa shape index (κ1) is 9.10. The third-order valence-corrected chi connectivity index (χ3v) is 2.95. The molecule has 0 saturated carbocycles. The Bertz CT molecular complexity index is 548. The summed E-state index contributed by atoms with van der Waals surface area (Å²) in [5.74, 6) is 0. The normalized spacial score (nSPS) is 10.4. The number of rotatable bonds is 0. The van der Waals surface area contributed by atoms with Gasteiger partial charge in [0.25, 0.3) is 0 Å². The molecule has 4 heteroatoms. The number of hydrogen-bond donors (Lipinski definition) is 1. The molecule has 0 saturated heterocycles. The van der Waals surface area contributed by atoms with Crippen LogP contribution in [-0.2, 0) is 7.05 Å². The van der Waals surface area contributed by atoms with Crippen LogP contribution in [0.4, 0.5) is 5.69 Å². The van der Waals surface area contributed by atoms with Gasteiger partial charge in [-0.15, -0.1) is 0 Å². The van der Waals surface area contributed by atoms with Crippen molar-refractivity contribution in [2.24, 2.45) is 7.05 Å². The standard InChI is InChI=1S/C10H8BrN3/c1-14-8(5-12)9(13)6-3-2-4-7(11)10(6)14/h2-4H,13H2,1H3. The lowest BCUT2D eigenvalue weighted by Crippen LogP contribution is -1.93. The molecule has 2 N–H and O–H groups in total. The molecule has 0 spiro atoms. The number of aromatic nitrogens is 1. The fourth-order valence-electron chi connectivity index (χ4n) is 1.63. The van der Waals surface area contributed by atoms with Gasteiger partial charge in [0.15, 0.2) is 0 Å². The largest absolute Gasteiger partial charge is 0.396 e. The van der Waals surface area contributed by atoms with Gasteiger partial charge in [-0.1, -0.05) is 12.1 Å². The fraction of sp³-hybridized carbons (Fsp3) is 0.100. The Balaban J connectivity index is 3.04. The smallest absolute Gasteiger partial charge is 0.144 e. The Hall–Kier alpha value is -1.47. The zero-order valence-electron chi connectivity index (χ0n) is 7.58. The van der Waals surface area contributed by atoms with Gasteiger partial charge in [0, 0.05) is 16.9 Å². The van der Waals surface area contributed by atoms with E-state index in [2.05, 4.69) is 22.0 Å². The third kappa shape index (κ3) is 1.03. The SMILES string of the molecule is Cn1c(C#N)c(N)c2cccc(Br)c21. The van der Waals surface area contributed by atoms with Crippen LogP contribution in [0.2, 0.25) is 0 Å². The molecule has 0 atom stereocenters. The Labute approximate surface area is 89.9 Å². The summed E-state index contributed by atoms with van der Waals surface area (Å²) >= 11 is 3.44. The predicted octanol–water partition coefficient (Wildman–Crippen LogP) is 2.39. The van der Waals surface area contributed by atoms with Gasteiger partial charge in [-0.2, -0.15) is 5.26 Å². The second-order valence-electron chi connectivity index (χ2n) is 3.07. The maximum Gasteiger partial charge on any atom is 0.144 e. The molecule has 0 bridgehead atoms. The average molecular weight is 250 g/mol. The average Bonchev–Trinajstić information content (AvgIpc) is 2.41. The molecule has 2 aromatic rings. The van der Waals surface area contributed by atoms with Crippen molar-refractivity contribution in [1.82, 2.24) is 4.57 Å². The molecule has 1 aromatic carbocycles. The van der Waals surface area contributed by atoms with Gasteiger partial charge in [-0.25, -0.2) is 0 Å². The highest BCUT2D eigenvalue weighted by Gasteiger charge is 2.13. The molecule has 14 heavy (non-hydrogen) atoms. The molecule has 1 aromatic heterocycles. The van der Waals surface area contributed by atoms with E-state index >= 15 is 0 Å². The molecule has 1 heterocycles. The van der Waals surface area contributed by atoms with Crippen LogP contribution in [0.5, 0.6) is 0 Å². The number of nitrogens with two attached hydrogens (primary N) is 1. The first-order valence-corrected chi connectivity index (χ1v) is 4.88. The molecule has 0 unspecified atom stereocenters. The maximum absolute atomic E-state index is 8.93. The number of nitriles is 1. The van der Waals surface area contributed by atoms with Crippen LogP contribution in [0.1, 0.15) is 5.69 Å². The first-order valence-electron chi connectivity index (χ1n) is 4.09. The Morgan fingerprint density at radius 3 is 2.79 bits per heavy atom. The van der Waals surface area contributed by atoms with Crippen molar-refractivity contribution in [1.29, 1.82) is 5.26 Å². The van der Waals surface area contributed by atoms with Crippen molar-refractivity contribution in [3.05, 3.63) is 28.4 Å². The van der Waals surface area contributed by atoms with E-state index in [1.807, 2.05) is 25.2 Å². The minimum Gasteiger partial charge on any atom is -0.396 e. The lowest BCUT2D eigenvalue weighted by Gasteiger charge is -1.98. The molecule has 70 valence electrons. The van der Waals surface area contributed by atoms with Crippen LogP contribution in [0.15, 0.2) is 22.7 Å². The van der Waals surface area contributed by atoms with E-state index in [1.165, 1.54) is 0 Å². The molecule has 0 aliphatic carbocycles. The number of para-hydroxylation sites is 1. The quantitative estimate of drug-likeness (QED) is 0.780. The van der Waals surface area contributed by atoms with Crippen molar-refractivity contribution in [2.75, 3.05) is 5.73 Å². The number of halogens is 1. The van der Waals surface area contributed by atoms with Crippen molar-refractivity contribution in [3.63, 3.8) is 0 Å². The Morgan fingerprint density at radius 2 is 2.21 bits per heavy atom. The Kier molecular flexibility index (Phi) is 1.97. The predicted molar refractivity (Wildman–Crippen MR) is 59.7 cm³/mol. The van der Waals surface area contributed by atoms with E-state index in [0.717, 1.165) is 15.4 Å². The number of fused-ring (bicyclic) bond motifs is 1. The molecule has 2 rings (SSSR count). The highest BCUT2D eigenvalue weighted by atomic mass is 79.9. The Morgan fingerprint density at radius 1 is 1.50 bits per heavy atom. The van der Waals surface area contributed by atoms with Crippen molar-refractivity contribution in [3.8, 4) is 6.07 Å². The molecule has 0 amide bonds. The highest BCUT2D eigenvalue weighted by Crippen LogP contribution is 2.31. The first-order chi connectivity index (χ1) is 6.66. The number of anilines is 1.